The molecule has 28 heavy (non-hydrogen) atoms. The molecule has 0 atom stereocenters. The summed E-state index contributed by atoms with van der Waals surface area (Å²) in [6, 6.07) is 12.5. The van der Waals surface area contributed by atoms with Crippen molar-refractivity contribution in [1.29, 1.82) is 0 Å². The summed E-state index contributed by atoms with van der Waals surface area (Å²) in [5.74, 6) is 1.08. The number of amides is 1. The average Bonchev–Trinajstić information content (AvgIpc) is 3.03. The summed E-state index contributed by atoms with van der Waals surface area (Å²) in [7, 11) is 0. The summed E-state index contributed by atoms with van der Waals surface area (Å²) in [6.07, 6.45) is 6.48. The molecule has 148 valence electrons. The Hall–Kier alpha value is -2.56. The second-order valence-electron chi connectivity index (χ2n) is 7.92. The van der Waals surface area contributed by atoms with Crippen molar-refractivity contribution in [2.45, 2.75) is 32.6 Å². The van der Waals surface area contributed by atoms with Crippen molar-refractivity contribution >= 4 is 17.4 Å². The highest BCUT2D eigenvalue weighted by atomic mass is 16.2. The van der Waals surface area contributed by atoms with Crippen LogP contribution in [0.15, 0.2) is 42.6 Å². The number of piperazine rings is 1. The molecule has 1 amide bonds. The fourth-order valence-electron chi connectivity index (χ4n) is 4.20. The van der Waals surface area contributed by atoms with E-state index >= 15 is 0 Å². The van der Waals surface area contributed by atoms with E-state index in [1.165, 1.54) is 24.1 Å². The molecule has 2 fully saturated rings. The number of carbonyl (C=O) groups excluding carboxylic acids is 1. The van der Waals surface area contributed by atoms with Crippen LogP contribution in [-0.4, -0.2) is 55.1 Å². The Balaban J connectivity index is 1.41. The third-order valence-electron chi connectivity index (χ3n) is 5.86. The third kappa shape index (κ3) is 4.29. The van der Waals surface area contributed by atoms with Gasteiger partial charge in [0.25, 0.3) is 5.91 Å². The molecule has 5 nitrogen and oxygen atoms in total. The van der Waals surface area contributed by atoms with Gasteiger partial charge in [-0.25, -0.2) is 4.98 Å². The molecule has 2 aliphatic rings. The lowest BCUT2D eigenvalue weighted by Crippen LogP contribution is -2.47. The van der Waals surface area contributed by atoms with Gasteiger partial charge in [0, 0.05) is 56.7 Å². The highest BCUT2D eigenvalue weighted by Crippen LogP contribution is 2.21. The molecule has 3 heterocycles. The molecule has 4 rings (SSSR count). The number of benzene rings is 1. The molecule has 0 saturated carbocycles. The number of hydrogen-bond donors (Lipinski definition) is 0. The number of aryl methyl sites for hydroxylation is 1. The zero-order valence-electron chi connectivity index (χ0n) is 16.8. The van der Waals surface area contributed by atoms with Crippen molar-refractivity contribution in [1.82, 2.24) is 9.88 Å². The van der Waals surface area contributed by atoms with Gasteiger partial charge in [0.2, 0.25) is 0 Å². The van der Waals surface area contributed by atoms with E-state index in [2.05, 4.69) is 46.0 Å². The minimum Gasteiger partial charge on any atom is -0.368 e. The number of likely N-dealkylation sites (tertiary alicyclic amines) is 1. The van der Waals surface area contributed by atoms with E-state index < -0.39 is 0 Å². The molecule has 1 aromatic heterocycles. The molecule has 0 unspecified atom stereocenters. The average molecular weight is 379 g/mol. The standard InChI is InChI=1S/C23H30N4O/c1-19-7-6-8-21(17-19)25-13-15-26(16-14-25)22-18-20(9-10-24-22)23(28)27-11-4-2-3-5-12-27/h6-10,17-18H,2-5,11-16H2,1H3. The fraction of sp³-hybridized carbons (Fsp3) is 0.478. The summed E-state index contributed by atoms with van der Waals surface area (Å²) < 4.78 is 0. The van der Waals surface area contributed by atoms with Gasteiger partial charge in [0.15, 0.2) is 0 Å². The summed E-state index contributed by atoms with van der Waals surface area (Å²) in [4.78, 5) is 24.2. The van der Waals surface area contributed by atoms with Crippen molar-refractivity contribution < 1.29 is 4.79 Å². The Morgan fingerprint density at radius 1 is 0.857 bits per heavy atom. The van der Waals surface area contributed by atoms with E-state index in [0.29, 0.717) is 0 Å². The first kappa shape index (κ1) is 18.8. The molecule has 0 spiro atoms. The van der Waals surface area contributed by atoms with Crippen LogP contribution >= 0.6 is 0 Å². The predicted molar refractivity (Wildman–Crippen MR) is 114 cm³/mol. The molecular weight excluding hydrogens is 348 g/mol. The monoisotopic (exact) mass is 378 g/mol. The van der Waals surface area contributed by atoms with Gasteiger partial charge in [-0.15, -0.1) is 0 Å². The number of hydrogen-bond acceptors (Lipinski definition) is 4. The minimum absolute atomic E-state index is 0.156. The van der Waals surface area contributed by atoms with Crippen LogP contribution in [-0.2, 0) is 0 Å². The van der Waals surface area contributed by atoms with Gasteiger partial charge in [0.05, 0.1) is 0 Å². The van der Waals surface area contributed by atoms with E-state index in [1.807, 2.05) is 17.0 Å². The smallest absolute Gasteiger partial charge is 0.254 e. The van der Waals surface area contributed by atoms with Gasteiger partial charge < -0.3 is 14.7 Å². The normalized spacial score (nSPS) is 18.1. The summed E-state index contributed by atoms with van der Waals surface area (Å²) in [6.45, 7) is 7.67. The first-order chi connectivity index (χ1) is 13.7. The quantitative estimate of drug-likeness (QED) is 0.816. The van der Waals surface area contributed by atoms with E-state index in [4.69, 9.17) is 0 Å². The Labute approximate surface area is 168 Å². The lowest BCUT2D eigenvalue weighted by Gasteiger charge is -2.37. The van der Waals surface area contributed by atoms with Crippen molar-refractivity contribution in [2.24, 2.45) is 0 Å². The van der Waals surface area contributed by atoms with E-state index in [-0.39, 0.29) is 5.91 Å². The van der Waals surface area contributed by atoms with Gasteiger partial charge in [-0.1, -0.05) is 25.0 Å². The Bertz CT molecular complexity index is 806. The predicted octanol–water partition coefficient (Wildman–Crippen LogP) is 3.73. The number of anilines is 2. The number of carbonyl (C=O) groups is 1. The van der Waals surface area contributed by atoms with Crippen LogP contribution in [0.1, 0.15) is 41.6 Å². The van der Waals surface area contributed by atoms with Gasteiger partial charge in [-0.3, -0.25) is 4.79 Å². The molecule has 0 radical (unpaired) electrons. The number of aromatic nitrogens is 1. The maximum absolute atomic E-state index is 12.9. The van der Waals surface area contributed by atoms with Crippen LogP contribution in [0.3, 0.4) is 0 Å². The molecule has 0 aliphatic carbocycles. The summed E-state index contributed by atoms with van der Waals surface area (Å²) in [5, 5.41) is 0. The lowest BCUT2D eigenvalue weighted by molar-refractivity contribution is 0.0761. The van der Waals surface area contributed by atoms with Crippen molar-refractivity contribution in [3.63, 3.8) is 0 Å². The maximum Gasteiger partial charge on any atom is 0.254 e. The zero-order valence-corrected chi connectivity index (χ0v) is 16.8. The number of nitrogens with zero attached hydrogens (tertiary/aromatic N) is 4. The van der Waals surface area contributed by atoms with E-state index in [1.54, 1.807) is 6.20 Å². The maximum atomic E-state index is 12.9. The molecule has 2 aliphatic heterocycles. The fourth-order valence-corrected chi connectivity index (χ4v) is 4.20. The van der Waals surface area contributed by atoms with Gasteiger partial charge in [-0.05, 0) is 49.6 Å². The van der Waals surface area contributed by atoms with Crippen molar-refractivity contribution in [3.05, 3.63) is 53.7 Å². The van der Waals surface area contributed by atoms with Crippen molar-refractivity contribution in [2.75, 3.05) is 49.1 Å². The van der Waals surface area contributed by atoms with Gasteiger partial charge >= 0.3 is 0 Å². The topological polar surface area (TPSA) is 39.7 Å². The molecule has 1 aromatic carbocycles. The van der Waals surface area contributed by atoms with Crippen LogP contribution in [0.4, 0.5) is 11.5 Å². The number of rotatable bonds is 3. The first-order valence-corrected chi connectivity index (χ1v) is 10.5. The van der Waals surface area contributed by atoms with Crippen molar-refractivity contribution in [3.8, 4) is 0 Å². The van der Waals surface area contributed by atoms with E-state index in [9.17, 15) is 4.79 Å². The SMILES string of the molecule is Cc1cccc(N2CCN(c3cc(C(=O)N4CCCCCC4)ccn3)CC2)c1. The van der Waals surface area contributed by atoms with Crippen LogP contribution in [0.2, 0.25) is 0 Å². The Morgan fingerprint density at radius 2 is 1.57 bits per heavy atom. The highest BCUT2D eigenvalue weighted by molar-refractivity contribution is 5.94. The zero-order chi connectivity index (χ0) is 19.3. The van der Waals surface area contributed by atoms with Gasteiger partial charge in [-0.2, -0.15) is 0 Å². The largest absolute Gasteiger partial charge is 0.368 e. The van der Waals surface area contributed by atoms with E-state index in [0.717, 1.165) is 63.5 Å². The molecular formula is C23H30N4O. The number of pyridine rings is 1. The molecule has 2 saturated heterocycles. The van der Waals surface area contributed by atoms with Crippen LogP contribution < -0.4 is 9.80 Å². The Kier molecular flexibility index (Phi) is 5.79. The molecule has 2 aromatic rings. The molecule has 5 heteroatoms. The third-order valence-corrected chi connectivity index (χ3v) is 5.86. The first-order valence-electron chi connectivity index (χ1n) is 10.5. The lowest BCUT2D eigenvalue weighted by atomic mass is 10.2. The summed E-state index contributed by atoms with van der Waals surface area (Å²) >= 11 is 0. The van der Waals surface area contributed by atoms with Crippen LogP contribution in [0.25, 0.3) is 0 Å². The molecule has 0 N–H and O–H groups in total. The van der Waals surface area contributed by atoms with Crippen LogP contribution in [0, 0.1) is 6.92 Å². The summed E-state index contributed by atoms with van der Waals surface area (Å²) in [5.41, 5.74) is 3.35. The second kappa shape index (κ2) is 8.63. The van der Waals surface area contributed by atoms with Crippen LogP contribution in [0.5, 0.6) is 0 Å². The second-order valence-corrected chi connectivity index (χ2v) is 7.92. The minimum atomic E-state index is 0.156. The Morgan fingerprint density at radius 3 is 2.29 bits per heavy atom. The van der Waals surface area contributed by atoms with Gasteiger partial charge in [0.1, 0.15) is 5.82 Å². The molecule has 0 bridgehead atoms. The highest BCUT2D eigenvalue weighted by Gasteiger charge is 2.21.